The topological polar surface area (TPSA) is 84.0 Å². The van der Waals surface area contributed by atoms with E-state index < -0.39 is 10.0 Å². The molecule has 2 N–H and O–H groups in total. The van der Waals surface area contributed by atoms with Gasteiger partial charge in [0.1, 0.15) is 0 Å². The van der Waals surface area contributed by atoms with E-state index in [0.717, 1.165) is 42.2 Å². The molecule has 1 aliphatic rings. The van der Waals surface area contributed by atoms with E-state index >= 15 is 0 Å². The fourth-order valence-electron chi connectivity index (χ4n) is 3.02. The molecule has 0 spiro atoms. The molecule has 136 valence electrons. The Bertz CT molecular complexity index is 769. The van der Waals surface area contributed by atoms with Crippen molar-refractivity contribution < 1.29 is 8.42 Å². The van der Waals surface area contributed by atoms with Crippen molar-refractivity contribution in [2.75, 3.05) is 17.6 Å². The summed E-state index contributed by atoms with van der Waals surface area (Å²) in [6.07, 6.45) is 4.10. The summed E-state index contributed by atoms with van der Waals surface area (Å²) in [6.45, 7) is 2.22. The zero-order chi connectivity index (χ0) is 17.7. The number of aromatic nitrogens is 2. The van der Waals surface area contributed by atoms with Crippen LogP contribution >= 0.6 is 11.5 Å². The van der Waals surface area contributed by atoms with Crippen LogP contribution in [0.1, 0.15) is 32.6 Å². The second-order valence-corrected chi connectivity index (χ2v) is 9.25. The Kier molecular flexibility index (Phi) is 6.03. The molecule has 1 aliphatic carbocycles. The SMILES string of the molecule is CCS(=O)(=O)NC[C@H]1CC[C@H](Nc2nc(-c3ccccc3)ns2)CC1. The van der Waals surface area contributed by atoms with E-state index in [9.17, 15) is 8.42 Å². The lowest BCUT2D eigenvalue weighted by Gasteiger charge is -2.28. The summed E-state index contributed by atoms with van der Waals surface area (Å²) in [4.78, 5) is 4.58. The Hall–Kier alpha value is -1.51. The number of nitrogens with one attached hydrogen (secondary N) is 2. The first kappa shape index (κ1) is 18.3. The molecule has 0 amide bonds. The molecule has 8 heteroatoms. The smallest absolute Gasteiger partial charge is 0.211 e. The van der Waals surface area contributed by atoms with Gasteiger partial charge < -0.3 is 5.32 Å². The van der Waals surface area contributed by atoms with Gasteiger partial charge in [0.15, 0.2) is 5.82 Å². The number of sulfonamides is 1. The standard InChI is InChI=1S/C17H24N4O2S2/c1-2-25(22,23)18-12-13-8-10-15(11-9-13)19-17-20-16(21-24-17)14-6-4-3-5-7-14/h3-7,13,15,18H,2,8-12H2,1H3,(H,19,20,21)/t13-,15-. The molecule has 0 aliphatic heterocycles. The van der Waals surface area contributed by atoms with Gasteiger partial charge in [-0.1, -0.05) is 30.3 Å². The monoisotopic (exact) mass is 380 g/mol. The second-order valence-electron chi connectivity index (χ2n) is 6.40. The van der Waals surface area contributed by atoms with Crippen LogP contribution in [-0.4, -0.2) is 36.1 Å². The Balaban J connectivity index is 1.47. The van der Waals surface area contributed by atoms with Crippen molar-refractivity contribution in [3.8, 4) is 11.4 Å². The summed E-state index contributed by atoms with van der Waals surface area (Å²) in [7, 11) is -3.09. The Morgan fingerprint density at radius 2 is 1.88 bits per heavy atom. The van der Waals surface area contributed by atoms with E-state index in [2.05, 4.69) is 19.4 Å². The lowest BCUT2D eigenvalue weighted by molar-refractivity contribution is 0.337. The van der Waals surface area contributed by atoms with Crippen LogP contribution in [-0.2, 0) is 10.0 Å². The average Bonchev–Trinajstić information content (AvgIpc) is 3.10. The maximum absolute atomic E-state index is 11.5. The van der Waals surface area contributed by atoms with Crippen molar-refractivity contribution in [1.82, 2.24) is 14.1 Å². The molecule has 2 aromatic rings. The van der Waals surface area contributed by atoms with Gasteiger partial charge in [0.2, 0.25) is 15.2 Å². The quantitative estimate of drug-likeness (QED) is 0.771. The van der Waals surface area contributed by atoms with Gasteiger partial charge in [-0.05, 0) is 38.5 Å². The van der Waals surface area contributed by atoms with Gasteiger partial charge in [0.05, 0.1) is 5.75 Å². The van der Waals surface area contributed by atoms with Gasteiger partial charge in [-0.3, -0.25) is 0 Å². The fourth-order valence-corrected chi connectivity index (χ4v) is 4.38. The van der Waals surface area contributed by atoms with E-state index in [1.54, 1.807) is 6.92 Å². The largest absolute Gasteiger partial charge is 0.358 e. The van der Waals surface area contributed by atoms with Crippen LogP contribution in [0, 0.1) is 5.92 Å². The second kappa shape index (κ2) is 8.25. The summed E-state index contributed by atoms with van der Waals surface area (Å²) in [6, 6.07) is 10.3. The van der Waals surface area contributed by atoms with Gasteiger partial charge in [-0.2, -0.15) is 9.36 Å². The highest BCUT2D eigenvalue weighted by molar-refractivity contribution is 7.89. The zero-order valence-electron chi connectivity index (χ0n) is 14.3. The normalized spacial score (nSPS) is 21.2. The highest BCUT2D eigenvalue weighted by atomic mass is 32.2. The molecule has 0 saturated heterocycles. The predicted octanol–water partition coefficient (Wildman–Crippen LogP) is 3.12. The molecule has 0 unspecified atom stereocenters. The third-order valence-electron chi connectivity index (χ3n) is 4.60. The van der Waals surface area contributed by atoms with E-state index in [0.29, 0.717) is 18.5 Å². The minimum absolute atomic E-state index is 0.144. The third kappa shape index (κ3) is 5.23. The molecular weight excluding hydrogens is 356 g/mol. The molecule has 1 saturated carbocycles. The zero-order valence-corrected chi connectivity index (χ0v) is 15.9. The molecule has 1 heterocycles. The van der Waals surface area contributed by atoms with Gasteiger partial charge in [-0.25, -0.2) is 13.1 Å². The molecule has 0 bridgehead atoms. The van der Waals surface area contributed by atoms with Crippen molar-refractivity contribution in [2.24, 2.45) is 5.92 Å². The molecule has 0 atom stereocenters. The van der Waals surface area contributed by atoms with Crippen LogP contribution in [0.4, 0.5) is 5.13 Å². The third-order valence-corrected chi connectivity index (χ3v) is 6.62. The van der Waals surface area contributed by atoms with Crippen LogP contribution in [0.25, 0.3) is 11.4 Å². The summed E-state index contributed by atoms with van der Waals surface area (Å²) in [5.41, 5.74) is 1.03. The van der Waals surface area contributed by atoms with Gasteiger partial charge in [-0.15, -0.1) is 0 Å². The van der Waals surface area contributed by atoms with Crippen LogP contribution in [0.15, 0.2) is 30.3 Å². The Morgan fingerprint density at radius 1 is 1.16 bits per heavy atom. The van der Waals surface area contributed by atoms with E-state index in [1.807, 2.05) is 30.3 Å². The summed E-state index contributed by atoms with van der Waals surface area (Å²) < 4.78 is 30.2. The van der Waals surface area contributed by atoms with Crippen molar-refractivity contribution in [2.45, 2.75) is 38.6 Å². The molecule has 1 aromatic heterocycles. The van der Waals surface area contributed by atoms with Crippen molar-refractivity contribution in [3.63, 3.8) is 0 Å². The first-order chi connectivity index (χ1) is 12.1. The molecule has 1 fully saturated rings. The highest BCUT2D eigenvalue weighted by Crippen LogP contribution is 2.28. The lowest BCUT2D eigenvalue weighted by Crippen LogP contribution is -2.34. The maximum Gasteiger partial charge on any atom is 0.211 e. The number of benzene rings is 1. The Labute approximate surface area is 153 Å². The number of hydrogen-bond donors (Lipinski definition) is 2. The van der Waals surface area contributed by atoms with Crippen LogP contribution in [0.2, 0.25) is 0 Å². The van der Waals surface area contributed by atoms with E-state index in [-0.39, 0.29) is 5.75 Å². The summed E-state index contributed by atoms with van der Waals surface area (Å²) >= 11 is 1.39. The number of nitrogens with zero attached hydrogens (tertiary/aromatic N) is 2. The van der Waals surface area contributed by atoms with Gasteiger partial charge in [0.25, 0.3) is 0 Å². The lowest BCUT2D eigenvalue weighted by atomic mass is 9.86. The molecular formula is C17H24N4O2S2. The minimum Gasteiger partial charge on any atom is -0.358 e. The number of rotatable bonds is 7. The molecule has 25 heavy (non-hydrogen) atoms. The van der Waals surface area contributed by atoms with Crippen molar-refractivity contribution in [1.29, 1.82) is 0 Å². The first-order valence-corrected chi connectivity index (χ1v) is 11.1. The number of hydrogen-bond acceptors (Lipinski definition) is 6. The number of anilines is 1. The molecule has 1 aromatic carbocycles. The minimum atomic E-state index is -3.09. The predicted molar refractivity (Wildman–Crippen MR) is 102 cm³/mol. The van der Waals surface area contributed by atoms with E-state index in [4.69, 9.17) is 0 Å². The van der Waals surface area contributed by atoms with Gasteiger partial charge in [0, 0.05) is 29.7 Å². The summed E-state index contributed by atoms with van der Waals surface area (Å²) in [5.74, 6) is 1.33. The van der Waals surface area contributed by atoms with Crippen LogP contribution in [0.3, 0.4) is 0 Å². The first-order valence-electron chi connectivity index (χ1n) is 8.68. The van der Waals surface area contributed by atoms with Crippen LogP contribution in [0.5, 0.6) is 0 Å². The highest BCUT2D eigenvalue weighted by Gasteiger charge is 2.23. The summed E-state index contributed by atoms with van der Waals surface area (Å²) in [5, 5.41) is 4.34. The average molecular weight is 381 g/mol. The molecule has 6 nitrogen and oxygen atoms in total. The van der Waals surface area contributed by atoms with Crippen molar-refractivity contribution >= 4 is 26.7 Å². The molecule has 0 radical (unpaired) electrons. The van der Waals surface area contributed by atoms with Crippen LogP contribution < -0.4 is 10.0 Å². The fraction of sp³-hybridized carbons (Fsp3) is 0.529. The van der Waals surface area contributed by atoms with Crippen molar-refractivity contribution in [3.05, 3.63) is 30.3 Å². The Morgan fingerprint density at radius 3 is 2.56 bits per heavy atom. The maximum atomic E-state index is 11.5. The molecule has 3 rings (SSSR count). The van der Waals surface area contributed by atoms with E-state index in [1.165, 1.54) is 11.5 Å². The van der Waals surface area contributed by atoms with Gasteiger partial charge >= 0.3 is 0 Å².